The number of carbonyl (C=O) groups is 2. The number of urea groups is 1. The minimum Gasteiger partial charge on any atom is -0.481 e. The van der Waals surface area contributed by atoms with Gasteiger partial charge >= 0.3 is 12.0 Å². The average molecular weight is 287 g/mol. The molecule has 118 valence electrons. The molecule has 6 heteroatoms. The van der Waals surface area contributed by atoms with Crippen LogP contribution < -0.4 is 10.6 Å². The largest absolute Gasteiger partial charge is 0.481 e. The van der Waals surface area contributed by atoms with Crippen molar-refractivity contribution in [1.82, 2.24) is 15.5 Å². The second kappa shape index (κ2) is 11.5. The Morgan fingerprint density at radius 3 is 2.35 bits per heavy atom. The zero-order valence-electron chi connectivity index (χ0n) is 12.9. The highest BCUT2D eigenvalue weighted by molar-refractivity contribution is 5.73. The molecule has 0 saturated heterocycles. The van der Waals surface area contributed by atoms with Crippen molar-refractivity contribution < 1.29 is 14.7 Å². The van der Waals surface area contributed by atoms with Crippen LogP contribution in [-0.4, -0.2) is 55.2 Å². The van der Waals surface area contributed by atoms with Gasteiger partial charge < -0.3 is 20.6 Å². The number of carbonyl (C=O) groups excluding carboxylic acids is 1. The fraction of sp³-hybridized carbons (Fsp3) is 0.857. The van der Waals surface area contributed by atoms with Gasteiger partial charge in [-0.05, 0) is 32.4 Å². The van der Waals surface area contributed by atoms with E-state index in [4.69, 9.17) is 5.11 Å². The molecule has 0 aromatic carbocycles. The van der Waals surface area contributed by atoms with E-state index in [0.717, 1.165) is 25.9 Å². The first-order chi connectivity index (χ1) is 9.49. The Labute approximate surface area is 121 Å². The average Bonchev–Trinajstić information content (AvgIpc) is 2.42. The number of amides is 2. The van der Waals surface area contributed by atoms with Crippen LogP contribution in [0.5, 0.6) is 0 Å². The standard InChI is InChI=1S/C14H29N3O3/c1-4-12(6-7-13(18)19)8-9-15-14(20)16-10-11-17(3)5-2/h12H,4-11H2,1-3H3,(H,18,19)(H2,15,16,20). The number of likely N-dealkylation sites (N-methyl/N-ethyl adjacent to an activating group) is 1. The molecular formula is C14H29N3O3. The van der Waals surface area contributed by atoms with Crippen molar-refractivity contribution in [3.63, 3.8) is 0 Å². The molecule has 0 radical (unpaired) electrons. The van der Waals surface area contributed by atoms with Crippen LogP contribution >= 0.6 is 0 Å². The lowest BCUT2D eigenvalue weighted by atomic mass is 9.97. The summed E-state index contributed by atoms with van der Waals surface area (Å²) in [7, 11) is 2.01. The Balaban J connectivity index is 3.64. The summed E-state index contributed by atoms with van der Waals surface area (Å²) in [6, 6.07) is -0.150. The minimum absolute atomic E-state index is 0.150. The number of hydrogen-bond donors (Lipinski definition) is 3. The van der Waals surface area contributed by atoms with Gasteiger partial charge in [0.25, 0.3) is 0 Å². The molecule has 0 aliphatic carbocycles. The van der Waals surface area contributed by atoms with E-state index in [1.54, 1.807) is 0 Å². The number of aliphatic carboxylic acids is 1. The highest BCUT2D eigenvalue weighted by Gasteiger charge is 2.09. The second-order valence-electron chi connectivity index (χ2n) is 5.07. The molecule has 0 rings (SSSR count). The smallest absolute Gasteiger partial charge is 0.314 e. The Bertz CT molecular complexity index is 285. The first-order valence-corrected chi connectivity index (χ1v) is 7.41. The molecule has 0 saturated carbocycles. The number of carboxylic acid groups (broad SMARTS) is 1. The predicted octanol–water partition coefficient (Wildman–Crippen LogP) is 1.52. The summed E-state index contributed by atoms with van der Waals surface area (Å²) in [5.41, 5.74) is 0. The Kier molecular flexibility index (Phi) is 10.8. The van der Waals surface area contributed by atoms with Crippen molar-refractivity contribution in [2.75, 3.05) is 33.2 Å². The number of nitrogens with zero attached hydrogens (tertiary/aromatic N) is 1. The summed E-state index contributed by atoms with van der Waals surface area (Å²) >= 11 is 0. The van der Waals surface area contributed by atoms with Gasteiger partial charge in [0.15, 0.2) is 0 Å². The number of rotatable bonds is 11. The molecule has 1 atom stereocenters. The number of carboxylic acids is 1. The van der Waals surface area contributed by atoms with Crippen LogP contribution in [0, 0.1) is 5.92 Å². The first kappa shape index (κ1) is 18.7. The molecular weight excluding hydrogens is 258 g/mol. The lowest BCUT2D eigenvalue weighted by Crippen LogP contribution is -2.40. The summed E-state index contributed by atoms with van der Waals surface area (Å²) in [5, 5.41) is 14.3. The molecule has 3 N–H and O–H groups in total. The zero-order valence-corrected chi connectivity index (χ0v) is 12.9. The van der Waals surface area contributed by atoms with Gasteiger partial charge in [-0.1, -0.05) is 20.3 Å². The van der Waals surface area contributed by atoms with E-state index in [2.05, 4.69) is 22.5 Å². The molecule has 6 nitrogen and oxygen atoms in total. The summed E-state index contributed by atoms with van der Waals surface area (Å²) in [6.07, 6.45) is 2.65. The first-order valence-electron chi connectivity index (χ1n) is 7.41. The highest BCUT2D eigenvalue weighted by atomic mass is 16.4. The van der Waals surface area contributed by atoms with Gasteiger partial charge in [0.2, 0.25) is 0 Å². The van der Waals surface area contributed by atoms with Crippen molar-refractivity contribution in [2.24, 2.45) is 5.92 Å². The molecule has 0 bridgehead atoms. The molecule has 0 aliphatic rings. The Hall–Kier alpha value is -1.30. The third kappa shape index (κ3) is 10.6. The van der Waals surface area contributed by atoms with Gasteiger partial charge in [0, 0.05) is 26.1 Å². The molecule has 2 amide bonds. The van der Waals surface area contributed by atoms with Gasteiger partial charge in [0.05, 0.1) is 0 Å². The SMILES string of the molecule is CCC(CCNC(=O)NCCN(C)CC)CCC(=O)O. The van der Waals surface area contributed by atoms with Crippen LogP contribution in [-0.2, 0) is 4.79 Å². The van der Waals surface area contributed by atoms with Crippen LogP contribution in [0.4, 0.5) is 4.79 Å². The second-order valence-corrected chi connectivity index (χ2v) is 5.07. The van der Waals surface area contributed by atoms with Gasteiger partial charge in [-0.15, -0.1) is 0 Å². The van der Waals surface area contributed by atoms with Crippen LogP contribution in [0.2, 0.25) is 0 Å². The third-order valence-electron chi connectivity index (χ3n) is 3.50. The van der Waals surface area contributed by atoms with E-state index in [-0.39, 0.29) is 12.5 Å². The van der Waals surface area contributed by atoms with Crippen LogP contribution in [0.3, 0.4) is 0 Å². The molecule has 0 heterocycles. The zero-order chi connectivity index (χ0) is 15.4. The van der Waals surface area contributed by atoms with E-state index in [1.807, 2.05) is 14.0 Å². The van der Waals surface area contributed by atoms with Crippen molar-refractivity contribution in [3.05, 3.63) is 0 Å². The van der Waals surface area contributed by atoms with Crippen molar-refractivity contribution in [1.29, 1.82) is 0 Å². The maximum absolute atomic E-state index is 11.5. The maximum atomic E-state index is 11.5. The highest BCUT2D eigenvalue weighted by Crippen LogP contribution is 2.14. The van der Waals surface area contributed by atoms with Crippen LogP contribution in [0.15, 0.2) is 0 Å². The van der Waals surface area contributed by atoms with E-state index >= 15 is 0 Å². The fourth-order valence-electron chi connectivity index (χ4n) is 1.85. The normalized spacial score (nSPS) is 12.2. The molecule has 0 aliphatic heterocycles. The van der Waals surface area contributed by atoms with Crippen molar-refractivity contribution >= 4 is 12.0 Å². The molecule has 1 unspecified atom stereocenters. The molecule has 20 heavy (non-hydrogen) atoms. The van der Waals surface area contributed by atoms with Gasteiger partial charge in [0.1, 0.15) is 0 Å². The quantitative estimate of drug-likeness (QED) is 0.538. The molecule has 0 aromatic rings. The molecule has 0 spiro atoms. The van der Waals surface area contributed by atoms with Crippen LogP contribution in [0.1, 0.15) is 39.5 Å². The third-order valence-corrected chi connectivity index (χ3v) is 3.50. The summed E-state index contributed by atoms with van der Waals surface area (Å²) in [6.45, 7) is 7.14. The monoisotopic (exact) mass is 287 g/mol. The van der Waals surface area contributed by atoms with Gasteiger partial charge in [-0.2, -0.15) is 0 Å². The number of nitrogens with one attached hydrogen (secondary N) is 2. The maximum Gasteiger partial charge on any atom is 0.314 e. The number of hydrogen-bond acceptors (Lipinski definition) is 3. The van der Waals surface area contributed by atoms with E-state index in [1.165, 1.54) is 0 Å². The summed E-state index contributed by atoms with van der Waals surface area (Å²) in [4.78, 5) is 24.2. The Morgan fingerprint density at radius 1 is 1.15 bits per heavy atom. The topological polar surface area (TPSA) is 81.7 Å². The molecule has 0 aromatic heterocycles. The van der Waals surface area contributed by atoms with Crippen LogP contribution in [0.25, 0.3) is 0 Å². The minimum atomic E-state index is -0.755. The summed E-state index contributed by atoms with van der Waals surface area (Å²) < 4.78 is 0. The predicted molar refractivity (Wildman–Crippen MR) is 79.8 cm³/mol. The lowest BCUT2D eigenvalue weighted by Gasteiger charge is -2.16. The summed E-state index contributed by atoms with van der Waals surface area (Å²) in [5.74, 6) is -0.396. The lowest BCUT2D eigenvalue weighted by molar-refractivity contribution is -0.137. The fourth-order valence-corrected chi connectivity index (χ4v) is 1.85. The molecule has 0 fully saturated rings. The van der Waals surface area contributed by atoms with Gasteiger partial charge in [-0.25, -0.2) is 4.79 Å². The van der Waals surface area contributed by atoms with E-state index < -0.39 is 5.97 Å². The Morgan fingerprint density at radius 2 is 1.80 bits per heavy atom. The van der Waals surface area contributed by atoms with Gasteiger partial charge in [-0.3, -0.25) is 4.79 Å². The van der Waals surface area contributed by atoms with E-state index in [0.29, 0.717) is 25.4 Å². The van der Waals surface area contributed by atoms with Crippen molar-refractivity contribution in [2.45, 2.75) is 39.5 Å². The van der Waals surface area contributed by atoms with E-state index in [9.17, 15) is 9.59 Å². The van der Waals surface area contributed by atoms with Crippen molar-refractivity contribution in [3.8, 4) is 0 Å².